The third kappa shape index (κ3) is 2.47. The third-order valence-corrected chi connectivity index (χ3v) is 4.88. The maximum Gasteiger partial charge on any atom is 0.137 e. The van der Waals surface area contributed by atoms with Crippen molar-refractivity contribution in [2.75, 3.05) is 0 Å². The summed E-state index contributed by atoms with van der Waals surface area (Å²) in [7, 11) is 0. The minimum absolute atomic E-state index is 1.03. The molecule has 0 aliphatic rings. The van der Waals surface area contributed by atoms with Gasteiger partial charge in [0.2, 0.25) is 0 Å². The quantitative estimate of drug-likeness (QED) is 0.466. The monoisotopic (exact) mass is 297 g/mol. The zero-order valence-electron chi connectivity index (χ0n) is 12.8. The van der Waals surface area contributed by atoms with Crippen LogP contribution in [0.1, 0.15) is 22.5 Å². The highest BCUT2D eigenvalue weighted by molar-refractivity contribution is 7.15. The van der Waals surface area contributed by atoms with Crippen molar-refractivity contribution in [3.8, 4) is 0 Å². The second-order valence-electron chi connectivity index (χ2n) is 5.26. The Kier molecular flexibility index (Phi) is 3.55. The third-order valence-electron chi connectivity index (χ3n) is 3.89. The summed E-state index contributed by atoms with van der Waals surface area (Å²) in [5.41, 5.74) is 6.15. The van der Waals surface area contributed by atoms with Gasteiger partial charge in [-0.3, -0.25) is 0 Å². The summed E-state index contributed by atoms with van der Waals surface area (Å²) in [6.07, 6.45) is 6.30. The molecule has 0 unspecified atom stereocenters. The molecule has 0 atom stereocenters. The van der Waals surface area contributed by atoms with E-state index in [9.17, 15) is 0 Å². The van der Waals surface area contributed by atoms with E-state index in [0.717, 1.165) is 11.3 Å². The fourth-order valence-corrected chi connectivity index (χ4v) is 3.28. The number of aromatic nitrogens is 3. The number of hydrogen-bond acceptors (Lipinski definition) is 2. The number of rotatable bonds is 0. The molecule has 0 amide bonds. The Bertz CT molecular complexity index is 895. The van der Waals surface area contributed by atoms with Gasteiger partial charge in [0.25, 0.3) is 0 Å². The van der Waals surface area contributed by atoms with Crippen molar-refractivity contribution in [1.29, 1.82) is 0 Å². The Labute approximate surface area is 128 Å². The largest absolute Gasteiger partial charge is 0.314 e. The molecule has 0 saturated heterocycles. The van der Waals surface area contributed by atoms with Crippen LogP contribution in [0.4, 0.5) is 0 Å². The molecule has 0 N–H and O–H groups in total. The van der Waals surface area contributed by atoms with Crippen LogP contribution in [-0.2, 0) is 0 Å². The Morgan fingerprint density at radius 2 is 1.86 bits per heavy atom. The van der Waals surface area contributed by atoms with Gasteiger partial charge < -0.3 is 8.80 Å². The van der Waals surface area contributed by atoms with Gasteiger partial charge in [-0.05, 0) is 51.0 Å². The first-order valence-corrected chi connectivity index (χ1v) is 7.87. The Morgan fingerprint density at radius 1 is 1.05 bits per heavy atom. The van der Waals surface area contributed by atoms with Crippen LogP contribution in [0.25, 0.3) is 10.5 Å². The Balaban J connectivity index is 0.000000126. The van der Waals surface area contributed by atoms with E-state index >= 15 is 0 Å². The van der Waals surface area contributed by atoms with Gasteiger partial charge in [0.05, 0.1) is 5.69 Å². The molecule has 4 heteroatoms. The average molecular weight is 297 g/mol. The lowest BCUT2D eigenvalue weighted by molar-refractivity contribution is 1.09. The molecular weight excluding hydrogens is 278 g/mol. The molecule has 0 saturated carbocycles. The molecule has 108 valence electrons. The van der Waals surface area contributed by atoms with Crippen LogP contribution in [0.5, 0.6) is 0 Å². The zero-order chi connectivity index (χ0) is 15.0. The molecule has 0 aliphatic heterocycles. The molecular formula is C17H19N3S. The lowest BCUT2D eigenvalue weighted by Crippen LogP contribution is -1.84. The van der Waals surface area contributed by atoms with Crippen LogP contribution in [0, 0.1) is 27.7 Å². The summed E-state index contributed by atoms with van der Waals surface area (Å²) in [4.78, 5) is 5.75. The van der Waals surface area contributed by atoms with Gasteiger partial charge in [0.15, 0.2) is 0 Å². The fourth-order valence-electron chi connectivity index (χ4n) is 2.38. The first kappa shape index (κ1) is 13.9. The summed E-state index contributed by atoms with van der Waals surface area (Å²) in [6.45, 7) is 8.42. The SMILES string of the molecule is Cc1cn2ccsc2c1C.Cc1nc2ccccn2c1C. The number of imidazole rings is 1. The van der Waals surface area contributed by atoms with Gasteiger partial charge in [-0.25, -0.2) is 4.98 Å². The molecule has 4 rings (SSSR count). The lowest BCUT2D eigenvalue weighted by atomic mass is 10.2. The minimum atomic E-state index is 1.03. The average Bonchev–Trinajstić information content (AvgIpc) is 3.11. The van der Waals surface area contributed by atoms with Crippen LogP contribution in [0.15, 0.2) is 42.2 Å². The summed E-state index contributed by atoms with van der Waals surface area (Å²) in [5, 5.41) is 2.11. The van der Waals surface area contributed by atoms with E-state index in [2.05, 4.69) is 52.3 Å². The predicted octanol–water partition coefficient (Wildman–Crippen LogP) is 4.57. The molecule has 0 aliphatic carbocycles. The van der Waals surface area contributed by atoms with Crippen LogP contribution >= 0.6 is 11.3 Å². The number of nitrogens with zero attached hydrogens (tertiary/aromatic N) is 3. The van der Waals surface area contributed by atoms with E-state index in [-0.39, 0.29) is 0 Å². The smallest absolute Gasteiger partial charge is 0.137 e. The van der Waals surface area contributed by atoms with E-state index in [4.69, 9.17) is 0 Å². The van der Waals surface area contributed by atoms with E-state index in [1.165, 1.54) is 21.7 Å². The van der Waals surface area contributed by atoms with Crippen molar-refractivity contribution in [1.82, 2.24) is 13.8 Å². The zero-order valence-corrected chi connectivity index (χ0v) is 13.6. The van der Waals surface area contributed by atoms with Crippen molar-refractivity contribution in [3.05, 3.63) is 64.7 Å². The number of hydrogen-bond donors (Lipinski definition) is 0. The van der Waals surface area contributed by atoms with E-state index < -0.39 is 0 Å². The van der Waals surface area contributed by atoms with Crippen molar-refractivity contribution in [2.45, 2.75) is 27.7 Å². The molecule has 0 spiro atoms. The van der Waals surface area contributed by atoms with Gasteiger partial charge in [-0.2, -0.15) is 0 Å². The summed E-state index contributed by atoms with van der Waals surface area (Å²) < 4.78 is 4.27. The van der Waals surface area contributed by atoms with Gasteiger partial charge in [0.1, 0.15) is 10.5 Å². The highest BCUT2D eigenvalue weighted by Gasteiger charge is 2.01. The number of fused-ring (bicyclic) bond motifs is 2. The molecule has 0 radical (unpaired) electrons. The van der Waals surface area contributed by atoms with Gasteiger partial charge in [-0.15, -0.1) is 11.3 Å². The van der Waals surface area contributed by atoms with E-state index in [1.54, 1.807) is 11.3 Å². The van der Waals surface area contributed by atoms with Crippen LogP contribution in [-0.4, -0.2) is 13.8 Å². The topological polar surface area (TPSA) is 21.7 Å². The molecule has 21 heavy (non-hydrogen) atoms. The van der Waals surface area contributed by atoms with Crippen molar-refractivity contribution >= 4 is 21.8 Å². The molecule has 3 nitrogen and oxygen atoms in total. The van der Waals surface area contributed by atoms with E-state index in [0.29, 0.717) is 0 Å². The molecule has 0 fully saturated rings. The second kappa shape index (κ2) is 5.37. The highest BCUT2D eigenvalue weighted by atomic mass is 32.1. The molecule has 4 aromatic heterocycles. The fraction of sp³-hybridized carbons (Fsp3) is 0.235. The Hall–Kier alpha value is -2.07. The molecule has 4 heterocycles. The number of thiazole rings is 1. The molecule has 4 aromatic rings. The van der Waals surface area contributed by atoms with Gasteiger partial charge >= 0.3 is 0 Å². The van der Waals surface area contributed by atoms with Crippen LogP contribution in [0.3, 0.4) is 0 Å². The molecule has 0 bridgehead atoms. The first-order valence-electron chi connectivity index (χ1n) is 6.99. The summed E-state index contributed by atoms with van der Waals surface area (Å²) >= 11 is 1.80. The predicted molar refractivity (Wildman–Crippen MR) is 89.4 cm³/mol. The number of aryl methyl sites for hydroxylation is 4. The maximum absolute atomic E-state index is 4.38. The van der Waals surface area contributed by atoms with Crippen molar-refractivity contribution in [3.63, 3.8) is 0 Å². The minimum Gasteiger partial charge on any atom is -0.314 e. The number of pyridine rings is 1. The normalized spacial score (nSPS) is 10.9. The van der Waals surface area contributed by atoms with Crippen molar-refractivity contribution < 1.29 is 0 Å². The van der Waals surface area contributed by atoms with Gasteiger partial charge in [0, 0.05) is 29.7 Å². The van der Waals surface area contributed by atoms with Crippen LogP contribution < -0.4 is 0 Å². The first-order chi connectivity index (χ1) is 10.1. The molecule has 0 aromatic carbocycles. The standard InChI is InChI=1S/C9H10N2.C8H9NS/c1-7-8(2)11-6-4-3-5-9(11)10-7;1-6-5-9-3-4-10-8(9)7(6)2/h3-6H,1-2H3;3-5H,1-2H3. The Morgan fingerprint density at radius 3 is 2.57 bits per heavy atom. The van der Waals surface area contributed by atoms with E-state index in [1.807, 2.05) is 31.3 Å². The van der Waals surface area contributed by atoms with Crippen LogP contribution in [0.2, 0.25) is 0 Å². The summed E-state index contributed by atoms with van der Waals surface area (Å²) in [6, 6.07) is 6.03. The summed E-state index contributed by atoms with van der Waals surface area (Å²) in [5.74, 6) is 0. The maximum atomic E-state index is 4.38. The van der Waals surface area contributed by atoms with Crippen molar-refractivity contribution in [2.24, 2.45) is 0 Å². The lowest BCUT2D eigenvalue weighted by Gasteiger charge is -1.92. The second-order valence-corrected chi connectivity index (χ2v) is 6.16. The highest BCUT2D eigenvalue weighted by Crippen LogP contribution is 2.20. The van der Waals surface area contributed by atoms with Gasteiger partial charge in [-0.1, -0.05) is 6.07 Å².